The number of hydrogen-bond acceptors (Lipinski definition) is 4. The van der Waals surface area contributed by atoms with Gasteiger partial charge in [0, 0.05) is 12.6 Å². The standard InChI is InChI=1S/C20H20FN3O3S/c1-13-4-2-3-10-22(13)17(25)12-23-16-9-11-28-18(16)19(26)24(20(23)27)15-7-5-14(21)6-8-15/h5-9,11,13H,2-4,10,12H2,1H3/t13-/m1/s1. The van der Waals surface area contributed by atoms with E-state index in [2.05, 4.69) is 0 Å². The first-order valence-corrected chi connectivity index (χ1v) is 10.1. The molecule has 0 radical (unpaired) electrons. The minimum Gasteiger partial charge on any atom is -0.338 e. The number of nitrogens with zero attached hydrogens (tertiary/aromatic N) is 3. The van der Waals surface area contributed by atoms with Gasteiger partial charge in [0.1, 0.15) is 17.1 Å². The number of hydrogen-bond donors (Lipinski definition) is 0. The predicted octanol–water partition coefficient (Wildman–Crippen LogP) is 2.75. The van der Waals surface area contributed by atoms with Crippen LogP contribution in [0.25, 0.3) is 15.9 Å². The van der Waals surface area contributed by atoms with Gasteiger partial charge in [-0.05, 0) is 61.9 Å². The third-order valence-electron chi connectivity index (χ3n) is 5.26. The Balaban J connectivity index is 1.83. The molecule has 146 valence electrons. The minimum atomic E-state index is -0.597. The van der Waals surface area contributed by atoms with Gasteiger partial charge in [-0.2, -0.15) is 0 Å². The van der Waals surface area contributed by atoms with Gasteiger partial charge in [-0.25, -0.2) is 13.8 Å². The number of benzene rings is 1. The summed E-state index contributed by atoms with van der Waals surface area (Å²) in [7, 11) is 0. The van der Waals surface area contributed by atoms with Crippen molar-refractivity contribution in [2.24, 2.45) is 0 Å². The molecule has 3 aromatic rings. The van der Waals surface area contributed by atoms with Crippen LogP contribution in [0, 0.1) is 5.82 Å². The van der Waals surface area contributed by atoms with Crippen molar-refractivity contribution < 1.29 is 9.18 Å². The molecular formula is C20H20FN3O3S. The Labute approximate surface area is 164 Å². The summed E-state index contributed by atoms with van der Waals surface area (Å²) in [6.07, 6.45) is 2.99. The molecule has 1 aliphatic heterocycles. The highest BCUT2D eigenvalue weighted by Gasteiger charge is 2.25. The Bertz CT molecular complexity index is 1150. The summed E-state index contributed by atoms with van der Waals surface area (Å²) in [5, 5.41) is 1.73. The number of amides is 1. The molecule has 2 aromatic heterocycles. The number of carbonyl (C=O) groups excluding carboxylic acids is 1. The molecule has 1 aromatic carbocycles. The largest absolute Gasteiger partial charge is 0.338 e. The third kappa shape index (κ3) is 3.17. The van der Waals surface area contributed by atoms with Gasteiger partial charge in [0.15, 0.2) is 0 Å². The summed E-state index contributed by atoms with van der Waals surface area (Å²) >= 11 is 1.22. The van der Waals surface area contributed by atoms with E-state index in [-0.39, 0.29) is 24.2 Å². The number of aromatic nitrogens is 2. The summed E-state index contributed by atoms with van der Waals surface area (Å²) < 4.78 is 16.0. The van der Waals surface area contributed by atoms with Crippen molar-refractivity contribution in [1.82, 2.24) is 14.0 Å². The zero-order chi connectivity index (χ0) is 19.8. The number of likely N-dealkylation sites (tertiary alicyclic amines) is 1. The van der Waals surface area contributed by atoms with Crippen molar-refractivity contribution in [3.63, 3.8) is 0 Å². The van der Waals surface area contributed by atoms with Crippen molar-refractivity contribution in [1.29, 1.82) is 0 Å². The van der Waals surface area contributed by atoms with Gasteiger partial charge in [-0.3, -0.25) is 14.2 Å². The molecule has 3 heterocycles. The van der Waals surface area contributed by atoms with Crippen LogP contribution in [-0.4, -0.2) is 32.5 Å². The predicted molar refractivity (Wildman–Crippen MR) is 107 cm³/mol. The van der Waals surface area contributed by atoms with Crippen LogP contribution in [0.2, 0.25) is 0 Å². The molecule has 0 spiro atoms. The lowest BCUT2D eigenvalue weighted by Crippen LogP contribution is -2.46. The minimum absolute atomic E-state index is 0.127. The summed E-state index contributed by atoms with van der Waals surface area (Å²) in [6, 6.07) is 6.99. The van der Waals surface area contributed by atoms with Crippen molar-refractivity contribution >= 4 is 27.5 Å². The average molecular weight is 401 g/mol. The maximum atomic E-state index is 13.3. The molecule has 0 unspecified atom stereocenters. The first-order chi connectivity index (χ1) is 13.5. The maximum absolute atomic E-state index is 13.3. The molecule has 0 bridgehead atoms. The zero-order valence-electron chi connectivity index (χ0n) is 15.4. The molecule has 1 amide bonds. The Hall–Kier alpha value is -2.74. The molecule has 1 aliphatic rings. The van der Waals surface area contributed by atoms with E-state index in [1.54, 1.807) is 11.4 Å². The molecule has 8 heteroatoms. The average Bonchev–Trinajstić information content (AvgIpc) is 3.17. The van der Waals surface area contributed by atoms with E-state index in [1.165, 1.54) is 40.2 Å². The summed E-state index contributed by atoms with van der Waals surface area (Å²) in [5.74, 6) is -0.588. The fourth-order valence-corrected chi connectivity index (χ4v) is 4.58. The highest BCUT2D eigenvalue weighted by atomic mass is 32.1. The van der Waals surface area contributed by atoms with Gasteiger partial charge in [0.25, 0.3) is 5.56 Å². The molecule has 1 atom stereocenters. The molecule has 0 aliphatic carbocycles. The van der Waals surface area contributed by atoms with E-state index in [1.807, 2.05) is 11.8 Å². The van der Waals surface area contributed by atoms with Crippen molar-refractivity contribution in [3.05, 3.63) is 62.4 Å². The van der Waals surface area contributed by atoms with Gasteiger partial charge < -0.3 is 4.90 Å². The van der Waals surface area contributed by atoms with Crippen LogP contribution in [0.4, 0.5) is 4.39 Å². The quantitative estimate of drug-likeness (QED) is 0.678. The number of thiophene rings is 1. The van der Waals surface area contributed by atoms with E-state index in [9.17, 15) is 18.8 Å². The van der Waals surface area contributed by atoms with E-state index >= 15 is 0 Å². The zero-order valence-corrected chi connectivity index (χ0v) is 16.2. The lowest BCUT2D eigenvalue weighted by Gasteiger charge is -2.33. The smallest absolute Gasteiger partial charge is 0.336 e. The van der Waals surface area contributed by atoms with Gasteiger partial charge in [-0.1, -0.05) is 0 Å². The molecule has 6 nitrogen and oxygen atoms in total. The van der Waals surface area contributed by atoms with Gasteiger partial charge >= 0.3 is 5.69 Å². The topological polar surface area (TPSA) is 64.3 Å². The van der Waals surface area contributed by atoms with E-state index in [0.717, 1.165) is 23.8 Å². The van der Waals surface area contributed by atoms with Gasteiger partial charge in [0.2, 0.25) is 5.91 Å². The van der Waals surface area contributed by atoms with Gasteiger partial charge in [0.05, 0.1) is 11.2 Å². The molecule has 1 saturated heterocycles. The Morgan fingerprint density at radius 2 is 1.93 bits per heavy atom. The number of rotatable bonds is 3. The van der Waals surface area contributed by atoms with Crippen LogP contribution in [-0.2, 0) is 11.3 Å². The van der Waals surface area contributed by atoms with Crippen LogP contribution in [0.1, 0.15) is 26.2 Å². The second kappa shape index (κ2) is 7.35. The van der Waals surface area contributed by atoms with Crippen LogP contribution in [0.3, 0.4) is 0 Å². The number of halogens is 1. The van der Waals surface area contributed by atoms with E-state index in [4.69, 9.17) is 0 Å². The second-order valence-corrected chi connectivity index (χ2v) is 7.97. The van der Waals surface area contributed by atoms with E-state index in [0.29, 0.717) is 16.8 Å². The fourth-order valence-electron chi connectivity index (χ4n) is 3.75. The summed E-state index contributed by atoms with van der Waals surface area (Å²) in [4.78, 5) is 40.7. The second-order valence-electron chi connectivity index (χ2n) is 7.05. The lowest BCUT2D eigenvalue weighted by atomic mass is 10.0. The lowest BCUT2D eigenvalue weighted by molar-refractivity contribution is -0.135. The maximum Gasteiger partial charge on any atom is 0.336 e. The Morgan fingerprint density at radius 3 is 2.64 bits per heavy atom. The molecule has 1 fully saturated rings. The summed E-state index contributed by atoms with van der Waals surface area (Å²) in [6.45, 7) is 2.57. The molecule has 4 rings (SSSR count). The van der Waals surface area contributed by atoms with Crippen LogP contribution < -0.4 is 11.2 Å². The van der Waals surface area contributed by atoms with E-state index < -0.39 is 17.1 Å². The van der Waals surface area contributed by atoms with Crippen molar-refractivity contribution in [3.8, 4) is 5.69 Å². The first-order valence-electron chi connectivity index (χ1n) is 9.26. The van der Waals surface area contributed by atoms with Crippen LogP contribution in [0.5, 0.6) is 0 Å². The van der Waals surface area contributed by atoms with Crippen LogP contribution in [0.15, 0.2) is 45.3 Å². The number of piperidine rings is 1. The summed E-state index contributed by atoms with van der Waals surface area (Å²) in [5.41, 5.74) is -0.326. The monoisotopic (exact) mass is 401 g/mol. The highest BCUT2D eigenvalue weighted by molar-refractivity contribution is 7.17. The normalized spacial score (nSPS) is 17.2. The van der Waals surface area contributed by atoms with Crippen molar-refractivity contribution in [2.75, 3.05) is 6.54 Å². The number of fused-ring (bicyclic) bond motifs is 1. The third-order valence-corrected chi connectivity index (χ3v) is 6.15. The number of carbonyl (C=O) groups is 1. The Kier molecular flexibility index (Phi) is 4.89. The first kappa shape index (κ1) is 18.6. The van der Waals surface area contributed by atoms with Crippen molar-refractivity contribution in [2.45, 2.75) is 38.8 Å². The molecule has 0 saturated carbocycles. The fraction of sp³-hybridized carbons (Fsp3) is 0.350. The highest BCUT2D eigenvalue weighted by Crippen LogP contribution is 2.19. The SMILES string of the molecule is C[C@@H]1CCCCN1C(=O)Cn1c(=O)n(-c2ccc(F)cc2)c(=O)c2sccc21. The van der Waals surface area contributed by atoms with Gasteiger partial charge in [-0.15, -0.1) is 11.3 Å². The Morgan fingerprint density at radius 1 is 1.18 bits per heavy atom. The molecular weight excluding hydrogens is 381 g/mol. The molecule has 28 heavy (non-hydrogen) atoms. The van der Waals surface area contributed by atoms with Crippen LogP contribution >= 0.6 is 11.3 Å². The molecule has 0 N–H and O–H groups in total.